The van der Waals surface area contributed by atoms with Crippen LogP contribution < -0.4 is 10.1 Å². The fourth-order valence-corrected chi connectivity index (χ4v) is 3.62. The number of anilines is 1. The van der Waals surface area contributed by atoms with Crippen molar-refractivity contribution in [2.75, 3.05) is 25.5 Å². The molecule has 0 bridgehead atoms. The number of nitrogens with one attached hydrogen (secondary N) is 1. The summed E-state index contributed by atoms with van der Waals surface area (Å²) in [6.07, 6.45) is 3.44. The topological polar surface area (TPSA) is 84.4 Å². The van der Waals surface area contributed by atoms with Gasteiger partial charge in [-0.1, -0.05) is 20.8 Å². The number of hydrogen-bond acceptors (Lipinski definition) is 5. The van der Waals surface area contributed by atoms with Crippen LogP contribution in [-0.2, 0) is 4.79 Å². The van der Waals surface area contributed by atoms with Crippen LogP contribution in [0.5, 0.6) is 5.75 Å². The van der Waals surface area contributed by atoms with E-state index in [1.807, 2.05) is 32.6 Å². The normalized spacial score (nSPS) is 16.8. The highest BCUT2D eigenvalue weighted by molar-refractivity contribution is 6.04. The van der Waals surface area contributed by atoms with E-state index in [9.17, 15) is 9.59 Å². The highest BCUT2D eigenvalue weighted by Gasteiger charge is 2.32. The van der Waals surface area contributed by atoms with Gasteiger partial charge in [-0.25, -0.2) is 9.97 Å². The van der Waals surface area contributed by atoms with Crippen LogP contribution in [-0.4, -0.2) is 46.9 Å². The van der Waals surface area contributed by atoms with E-state index < -0.39 is 5.41 Å². The molecule has 2 aromatic rings. The molecule has 1 aromatic carbocycles. The molecule has 3 rings (SSSR count). The number of methoxy groups -OCH3 is 1. The van der Waals surface area contributed by atoms with E-state index >= 15 is 0 Å². The molecule has 7 nitrogen and oxygen atoms in total. The Morgan fingerprint density at radius 2 is 1.90 bits per heavy atom. The molecule has 0 aliphatic carbocycles. The molecule has 2 heterocycles. The second-order valence-corrected chi connectivity index (χ2v) is 8.75. The quantitative estimate of drug-likeness (QED) is 0.829. The number of ether oxygens (including phenoxy) is 1. The number of aryl methyl sites for hydroxylation is 1. The summed E-state index contributed by atoms with van der Waals surface area (Å²) in [7, 11) is 1.60. The van der Waals surface area contributed by atoms with E-state index in [0.717, 1.165) is 25.1 Å². The number of amides is 2. The van der Waals surface area contributed by atoms with Gasteiger partial charge in [0.1, 0.15) is 11.6 Å². The van der Waals surface area contributed by atoms with Crippen LogP contribution in [0, 0.1) is 12.3 Å². The molecule has 1 N–H and O–H groups in total. The number of benzene rings is 1. The molecule has 0 unspecified atom stereocenters. The van der Waals surface area contributed by atoms with Gasteiger partial charge >= 0.3 is 0 Å². The van der Waals surface area contributed by atoms with Crippen molar-refractivity contribution in [1.82, 2.24) is 14.9 Å². The second-order valence-electron chi connectivity index (χ2n) is 8.75. The average Bonchev–Trinajstić information content (AvgIpc) is 2.73. The van der Waals surface area contributed by atoms with Crippen molar-refractivity contribution < 1.29 is 14.3 Å². The van der Waals surface area contributed by atoms with Crippen LogP contribution in [0.4, 0.5) is 5.69 Å². The second kappa shape index (κ2) is 8.81. The number of piperidine rings is 1. The molecule has 0 spiro atoms. The van der Waals surface area contributed by atoms with E-state index in [0.29, 0.717) is 29.3 Å². The third-order valence-corrected chi connectivity index (χ3v) is 5.31. The Morgan fingerprint density at radius 1 is 1.20 bits per heavy atom. The van der Waals surface area contributed by atoms with Crippen molar-refractivity contribution in [2.24, 2.45) is 5.41 Å². The number of likely N-dealkylation sites (tertiary alicyclic amines) is 1. The first-order valence-electron chi connectivity index (χ1n) is 10.3. The largest absolute Gasteiger partial charge is 0.497 e. The lowest BCUT2D eigenvalue weighted by Gasteiger charge is -2.36. The summed E-state index contributed by atoms with van der Waals surface area (Å²) in [6, 6.07) is 7.14. The molecule has 160 valence electrons. The van der Waals surface area contributed by atoms with Gasteiger partial charge in [-0.3, -0.25) is 9.59 Å². The van der Waals surface area contributed by atoms with Crippen molar-refractivity contribution in [1.29, 1.82) is 0 Å². The Morgan fingerprint density at radius 3 is 2.50 bits per heavy atom. The first-order chi connectivity index (χ1) is 14.2. The third kappa shape index (κ3) is 4.96. The fraction of sp³-hybridized carbons (Fsp3) is 0.478. The maximum atomic E-state index is 12.7. The van der Waals surface area contributed by atoms with Crippen LogP contribution in [0.25, 0.3) is 0 Å². The molecule has 2 amide bonds. The third-order valence-electron chi connectivity index (χ3n) is 5.31. The Bertz CT molecular complexity index is 919. The maximum Gasteiger partial charge on any atom is 0.259 e. The van der Waals surface area contributed by atoms with E-state index in [4.69, 9.17) is 4.74 Å². The van der Waals surface area contributed by atoms with Crippen LogP contribution in [0.2, 0.25) is 0 Å². The van der Waals surface area contributed by atoms with Crippen LogP contribution in [0.3, 0.4) is 0 Å². The molecule has 0 radical (unpaired) electrons. The average molecular weight is 411 g/mol. The van der Waals surface area contributed by atoms with Crippen molar-refractivity contribution in [2.45, 2.75) is 46.5 Å². The number of carbonyl (C=O) groups excluding carboxylic acids is 2. The van der Waals surface area contributed by atoms with Gasteiger partial charge in [0, 0.05) is 36.3 Å². The van der Waals surface area contributed by atoms with E-state index in [1.54, 1.807) is 37.6 Å². The Labute approximate surface area is 177 Å². The maximum absolute atomic E-state index is 12.7. The summed E-state index contributed by atoms with van der Waals surface area (Å²) in [5.74, 6) is 1.41. The summed E-state index contributed by atoms with van der Waals surface area (Å²) < 4.78 is 5.13. The van der Waals surface area contributed by atoms with Gasteiger partial charge in [0.25, 0.3) is 5.91 Å². The number of aromatic nitrogens is 2. The minimum atomic E-state index is -0.401. The predicted molar refractivity (Wildman–Crippen MR) is 116 cm³/mol. The monoisotopic (exact) mass is 410 g/mol. The first kappa shape index (κ1) is 21.7. The molecule has 30 heavy (non-hydrogen) atoms. The van der Waals surface area contributed by atoms with Crippen LogP contribution >= 0.6 is 0 Å². The molecule has 1 saturated heterocycles. The minimum Gasteiger partial charge on any atom is -0.497 e. The van der Waals surface area contributed by atoms with E-state index in [2.05, 4.69) is 15.3 Å². The highest BCUT2D eigenvalue weighted by Crippen LogP contribution is 2.28. The van der Waals surface area contributed by atoms with Gasteiger partial charge in [-0.15, -0.1) is 0 Å². The van der Waals surface area contributed by atoms with Gasteiger partial charge in [0.15, 0.2) is 0 Å². The Hall–Kier alpha value is -2.96. The molecular weight excluding hydrogens is 380 g/mol. The molecular formula is C23H30N4O3. The van der Waals surface area contributed by atoms with Crippen molar-refractivity contribution in [3.8, 4) is 5.75 Å². The lowest BCUT2D eigenvalue weighted by atomic mass is 9.91. The minimum absolute atomic E-state index is 0.0856. The van der Waals surface area contributed by atoms with Gasteiger partial charge in [-0.2, -0.15) is 0 Å². The van der Waals surface area contributed by atoms with Crippen molar-refractivity contribution in [3.63, 3.8) is 0 Å². The Kier molecular flexibility index (Phi) is 6.39. The number of carbonyl (C=O) groups is 2. The van der Waals surface area contributed by atoms with Crippen molar-refractivity contribution in [3.05, 3.63) is 47.5 Å². The lowest BCUT2D eigenvalue weighted by molar-refractivity contribution is -0.140. The summed E-state index contributed by atoms with van der Waals surface area (Å²) in [5, 5.41) is 2.86. The predicted octanol–water partition coefficient (Wildman–Crippen LogP) is 3.80. The van der Waals surface area contributed by atoms with E-state index in [1.165, 1.54) is 0 Å². The molecule has 1 aliphatic heterocycles. The number of nitrogens with zero attached hydrogens (tertiary/aromatic N) is 3. The van der Waals surface area contributed by atoms with Gasteiger partial charge < -0.3 is 15.0 Å². The molecule has 1 atom stereocenters. The van der Waals surface area contributed by atoms with Gasteiger partial charge in [0.05, 0.1) is 18.4 Å². The lowest BCUT2D eigenvalue weighted by Crippen LogP contribution is -2.44. The summed E-state index contributed by atoms with van der Waals surface area (Å²) >= 11 is 0. The smallest absolute Gasteiger partial charge is 0.259 e. The summed E-state index contributed by atoms with van der Waals surface area (Å²) in [4.78, 5) is 36.3. The fourth-order valence-electron chi connectivity index (χ4n) is 3.62. The summed E-state index contributed by atoms with van der Waals surface area (Å²) in [5.41, 5.74) is 1.34. The zero-order valence-corrected chi connectivity index (χ0v) is 18.4. The standard InChI is InChI=1S/C23H30N4O3/c1-15-19(21(28)26-17-8-10-18(30-5)11-9-17)13-24-20(25-15)16-7-6-12-27(14-16)22(29)23(2,3)4/h8-11,13,16H,6-7,12,14H2,1-5H3,(H,26,28)/t16-/m1/s1. The van der Waals surface area contributed by atoms with E-state index in [-0.39, 0.29) is 17.7 Å². The molecule has 1 fully saturated rings. The number of rotatable bonds is 4. The first-order valence-corrected chi connectivity index (χ1v) is 10.3. The van der Waals surface area contributed by atoms with Gasteiger partial charge in [-0.05, 0) is 44.0 Å². The molecule has 7 heteroatoms. The molecule has 1 aromatic heterocycles. The van der Waals surface area contributed by atoms with Crippen LogP contribution in [0.1, 0.15) is 61.4 Å². The molecule has 0 saturated carbocycles. The summed E-state index contributed by atoms with van der Waals surface area (Å²) in [6.45, 7) is 9.03. The Balaban J connectivity index is 1.71. The SMILES string of the molecule is COc1ccc(NC(=O)c2cnc([C@@H]3CCCN(C(=O)C(C)(C)C)C3)nc2C)cc1. The zero-order chi connectivity index (χ0) is 21.9. The van der Waals surface area contributed by atoms with Crippen molar-refractivity contribution >= 4 is 17.5 Å². The number of hydrogen-bond donors (Lipinski definition) is 1. The molecule has 1 aliphatic rings. The highest BCUT2D eigenvalue weighted by atomic mass is 16.5. The van der Waals surface area contributed by atoms with Crippen LogP contribution in [0.15, 0.2) is 30.5 Å². The van der Waals surface area contributed by atoms with Gasteiger partial charge in [0.2, 0.25) is 5.91 Å². The zero-order valence-electron chi connectivity index (χ0n) is 18.4.